The molecule has 1 saturated carbocycles. The van der Waals surface area contributed by atoms with Crippen LogP contribution in [-0.4, -0.2) is 80.7 Å². The Kier molecular flexibility index (Phi) is 8.36. The summed E-state index contributed by atoms with van der Waals surface area (Å²) in [6, 6.07) is 3.87. The molecule has 1 N–H and O–H groups in total. The first kappa shape index (κ1) is 28.0. The molecule has 4 heterocycles. The molecule has 206 valence electrons. The number of pyridine rings is 1. The number of nitrogens with zero attached hydrogens (tertiary/aromatic N) is 4. The first-order chi connectivity index (χ1) is 18.0. The van der Waals surface area contributed by atoms with Crippen LogP contribution in [0, 0.1) is 12.8 Å². The van der Waals surface area contributed by atoms with Gasteiger partial charge in [0.2, 0.25) is 5.91 Å². The van der Waals surface area contributed by atoms with Crippen molar-refractivity contribution in [3.8, 4) is 0 Å². The number of aryl methyl sites for hydroxylation is 1. The maximum atomic E-state index is 13.9. The van der Waals surface area contributed by atoms with E-state index in [1.807, 2.05) is 34.2 Å². The standard InChI is InChI=1S/C23H28N4O3S.C2HF3O2/c1-16-25-19(14-31-16)12-26-9-10-30-23(22(26)29)15-27(21(28)17-5-2-3-6-17)13-20(23)18-7-4-8-24-11-18;3-2(4,5)1(6)7/h4,7-8,11,14,17,20H,2-3,5-6,9-10,12-13,15H2,1H3;(H,6,7). The number of rotatable bonds is 4. The second kappa shape index (κ2) is 11.4. The van der Waals surface area contributed by atoms with E-state index in [9.17, 15) is 22.8 Å². The smallest absolute Gasteiger partial charge is 0.475 e. The lowest BCUT2D eigenvalue weighted by Crippen LogP contribution is -2.60. The first-order valence-corrected chi connectivity index (χ1v) is 13.2. The van der Waals surface area contributed by atoms with Gasteiger partial charge in [-0.05, 0) is 31.4 Å². The molecule has 3 fully saturated rings. The molecule has 0 aromatic carbocycles. The molecule has 2 unspecified atom stereocenters. The van der Waals surface area contributed by atoms with Crippen LogP contribution >= 0.6 is 11.3 Å². The zero-order valence-corrected chi connectivity index (χ0v) is 21.6. The quantitative estimate of drug-likeness (QED) is 0.617. The SMILES string of the molecule is Cc1nc(CN2CCOC3(CN(C(=O)C4CCCC4)CC3c3cccnc3)C2=O)cs1.O=C(O)C(F)(F)F. The van der Waals surface area contributed by atoms with E-state index in [0.717, 1.165) is 41.9 Å². The van der Waals surface area contributed by atoms with Crippen molar-refractivity contribution in [2.45, 2.75) is 56.8 Å². The van der Waals surface area contributed by atoms with Gasteiger partial charge in [0.25, 0.3) is 5.91 Å². The number of amides is 2. The fraction of sp³-hybridized carbons (Fsp3) is 0.560. The Bertz CT molecular complexity index is 1160. The minimum absolute atomic E-state index is 0.0417. The van der Waals surface area contributed by atoms with Gasteiger partial charge < -0.3 is 19.6 Å². The van der Waals surface area contributed by atoms with Crippen LogP contribution in [0.2, 0.25) is 0 Å². The highest BCUT2D eigenvalue weighted by Gasteiger charge is 2.58. The summed E-state index contributed by atoms with van der Waals surface area (Å²) in [5.74, 6) is -2.77. The van der Waals surface area contributed by atoms with Gasteiger partial charge in [0.1, 0.15) is 0 Å². The lowest BCUT2D eigenvalue weighted by atomic mass is 9.83. The van der Waals surface area contributed by atoms with E-state index >= 15 is 0 Å². The van der Waals surface area contributed by atoms with E-state index in [0.29, 0.717) is 32.8 Å². The van der Waals surface area contributed by atoms with Crippen molar-refractivity contribution in [1.82, 2.24) is 19.8 Å². The summed E-state index contributed by atoms with van der Waals surface area (Å²) in [6.07, 6.45) is 2.56. The molecule has 2 saturated heterocycles. The predicted octanol–water partition coefficient (Wildman–Crippen LogP) is 3.39. The molecule has 1 aliphatic carbocycles. The van der Waals surface area contributed by atoms with Crippen molar-refractivity contribution in [3.05, 3.63) is 46.2 Å². The number of carbonyl (C=O) groups excluding carboxylic acids is 2. The van der Waals surface area contributed by atoms with Gasteiger partial charge in [-0.15, -0.1) is 11.3 Å². The van der Waals surface area contributed by atoms with Gasteiger partial charge in [-0.25, -0.2) is 9.78 Å². The molecule has 2 amide bonds. The second-order valence-electron chi connectivity index (χ2n) is 9.66. The van der Waals surface area contributed by atoms with Crippen molar-refractivity contribution in [2.75, 3.05) is 26.2 Å². The number of ether oxygens (including phenoxy) is 1. The number of hydrogen-bond donors (Lipinski definition) is 1. The maximum Gasteiger partial charge on any atom is 0.490 e. The summed E-state index contributed by atoms with van der Waals surface area (Å²) < 4.78 is 38.0. The van der Waals surface area contributed by atoms with E-state index in [-0.39, 0.29) is 23.7 Å². The third-order valence-electron chi connectivity index (χ3n) is 7.13. The average molecular weight is 555 g/mol. The van der Waals surface area contributed by atoms with Gasteiger partial charge in [-0.3, -0.25) is 14.6 Å². The molecule has 38 heavy (non-hydrogen) atoms. The highest BCUT2D eigenvalue weighted by atomic mass is 32.1. The number of halogens is 3. The lowest BCUT2D eigenvalue weighted by molar-refractivity contribution is -0.192. The van der Waals surface area contributed by atoms with E-state index < -0.39 is 17.7 Å². The third-order valence-corrected chi connectivity index (χ3v) is 7.95. The number of aliphatic carboxylic acids is 1. The Labute approximate surface area is 221 Å². The van der Waals surface area contributed by atoms with Crippen molar-refractivity contribution in [2.24, 2.45) is 5.92 Å². The molecular weight excluding hydrogens is 525 g/mol. The largest absolute Gasteiger partial charge is 0.490 e. The predicted molar refractivity (Wildman–Crippen MR) is 130 cm³/mol. The fourth-order valence-electron chi connectivity index (χ4n) is 5.34. The highest BCUT2D eigenvalue weighted by molar-refractivity contribution is 7.09. The van der Waals surface area contributed by atoms with E-state index in [4.69, 9.17) is 14.6 Å². The number of alkyl halides is 3. The van der Waals surface area contributed by atoms with Crippen molar-refractivity contribution in [3.63, 3.8) is 0 Å². The molecule has 0 radical (unpaired) electrons. The number of likely N-dealkylation sites (tertiary alicyclic amines) is 1. The number of carbonyl (C=O) groups is 3. The Balaban J connectivity index is 0.000000426. The number of hydrogen-bond acceptors (Lipinski definition) is 7. The number of morpholine rings is 1. The molecule has 2 aromatic rings. The van der Waals surface area contributed by atoms with Crippen LogP contribution in [0.3, 0.4) is 0 Å². The second-order valence-corrected chi connectivity index (χ2v) is 10.7. The molecule has 13 heteroatoms. The molecule has 1 spiro atoms. The maximum absolute atomic E-state index is 13.9. The summed E-state index contributed by atoms with van der Waals surface area (Å²) in [6.45, 7) is 4.25. The molecule has 3 aliphatic rings. The highest BCUT2D eigenvalue weighted by Crippen LogP contribution is 2.43. The lowest BCUT2D eigenvalue weighted by Gasteiger charge is -2.42. The summed E-state index contributed by atoms with van der Waals surface area (Å²) in [5, 5.41) is 10.1. The van der Waals surface area contributed by atoms with Crippen LogP contribution in [0.4, 0.5) is 13.2 Å². The van der Waals surface area contributed by atoms with E-state index in [1.165, 1.54) is 0 Å². The Morgan fingerprint density at radius 1 is 1.29 bits per heavy atom. The van der Waals surface area contributed by atoms with Crippen LogP contribution in [0.25, 0.3) is 0 Å². The summed E-state index contributed by atoms with van der Waals surface area (Å²) in [4.78, 5) is 48.5. The number of thiazole rings is 1. The van der Waals surface area contributed by atoms with Crippen molar-refractivity contribution >= 4 is 29.1 Å². The van der Waals surface area contributed by atoms with Crippen molar-refractivity contribution in [1.29, 1.82) is 0 Å². The zero-order valence-electron chi connectivity index (χ0n) is 20.8. The average Bonchev–Trinajstić information content (AvgIpc) is 3.63. The first-order valence-electron chi connectivity index (χ1n) is 12.3. The molecule has 2 aliphatic heterocycles. The van der Waals surface area contributed by atoms with Crippen LogP contribution < -0.4 is 0 Å². The van der Waals surface area contributed by atoms with Gasteiger partial charge in [-0.2, -0.15) is 13.2 Å². The van der Waals surface area contributed by atoms with Crippen molar-refractivity contribution < 1.29 is 37.4 Å². The topological polar surface area (TPSA) is 113 Å². The van der Waals surface area contributed by atoms with Crippen LogP contribution in [0.5, 0.6) is 0 Å². The molecule has 2 atom stereocenters. The van der Waals surface area contributed by atoms with Crippen LogP contribution in [0.1, 0.15) is 47.9 Å². The van der Waals surface area contributed by atoms with Crippen LogP contribution in [0.15, 0.2) is 29.9 Å². The minimum atomic E-state index is -5.08. The normalized spacial score (nSPS) is 24.0. The van der Waals surface area contributed by atoms with Crippen LogP contribution in [-0.2, 0) is 25.7 Å². The summed E-state index contributed by atoms with van der Waals surface area (Å²) >= 11 is 1.59. The molecule has 9 nitrogen and oxygen atoms in total. The summed E-state index contributed by atoms with van der Waals surface area (Å²) in [5.41, 5.74) is 0.798. The molecule has 0 bridgehead atoms. The third kappa shape index (κ3) is 5.98. The fourth-order valence-corrected chi connectivity index (χ4v) is 5.94. The number of aromatic nitrogens is 2. The number of carboxylic acid groups (broad SMARTS) is 1. The summed E-state index contributed by atoms with van der Waals surface area (Å²) in [7, 11) is 0. The molecule has 2 aromatic heterocycles. The van der Waals surface area contributed by atoms with Gasteiger partial charge in [0.15, 0.2) is 5.60 Å². The monoisotopic (exact) mass is 554 g/mol. The molecule has 5 rings (SSSR count). The minimum Gasteiger partial charge on any atom is -0.475 e. The van der Waals surface area contributed by atoms with Gasteiger partial charge in [0.05, 0.1) is 30.4 Å². The van der Waals surface area contributed by atoms with E-state index in [1.54, 1.807) is 23.7 Å². The Hall–Kier alpha value is -3.06. The van der Waals surface area contributed by atoms with E-state index in [2.05, 4.69) is 9.97 Å². The Morgan fingerprint density at radius 2 is 2.00 bits per heavy atom. The van der Waals surface area contributed by atoms with Gasteiger partial charge in [-0.1, -0.05) is 18.9 Å². The van der Waals surface area contributed by atoms with Gasteiger partial charge in [0, 0.05) is 42.7 Å². The Morgan fingerprint density at radius 3 is 2.58 bits per heavy atom. The van der Waals surface area contributed by atoms with Gasteiger partial charge >= 0.3 is 12.1 Å². The zero-order chi connectivity index (χ0) is 27.5. The number of carboxylic acids is 1. The molecular formula is C25H29F3N4O5S.